The Morgan fingerprint density at radius 2 is 1.80 bits per heavy atom. The summed E-state index contributed by atoms with van der Waals surface area (Å²) < 4.78 is 4.81. The predicted octanol–water partition coefficient (Wildman–Crippen LogP) is 4.45. The summed E-state index contributed by atoms with van der Waals surface area (Å²) in [5, 5.41) is 2.89. The largest absolute Gasteiger partial charge is 0.465 e. The van der Waals surface area contributed by atoms with Crippen molar-refractivity contribution < 1.29 is 19.1 Å². The van der Waals surface area contributed by atoms with Crippen molar-refractivity contribution in [2.45, 2.75) is 25.3 Å². The molecule has 7 nitrogen and oxygen atoms in total. The third-order valence-electron chi connectivity index (χ3n) is 6.38. The Kier molecular flexibility index (Phi) is 6.14. The second-order valence-corrected chi connectivity index (χ2v) is 8.66. The van der Waals surface area contributed by atoms with Crippen molar-refractivity contribution in [2.75, 3.05) is 19.0 Å². The zero-order valence-electron chi connectivity index (χ0n) is 19.4. The zero-order chi connectivity index (χ0) is 24.4. The smallest absolute Gasteiger partial charge is 0.337 e. The summed E-state index contributed by atoms with van der Waals surface area (Å²) in [4.78, 5) is 43.8. The van der Waals surface area contributed by atoms with Crippen molar-refractivity contribution >= 4 is 34.9 Å². The lowest BCUT2D eigenvalue weighted by atomic mass is 9.90. The predicted molar refractivity (Wildman–Crippen MR) is 133 cm³/mol. The molecule has 3 aromatic carbocycles. The molecule has 1 unspecified atom stereocenters. The standard InChI is InChI=1S/C28H25N3O4/c1-35-28(34)20-11-14-22-23(16-20)30-27(33)25(22)26(19-6-3-2-4-7-19)29-21-12-9-18(10-13-21)17-31-15-5-8-24(31)32/h2-4,6-7,9-14,16,25H,5,8,15,17H2,1H3,(H,30,33). The summed E-state index contributed by atoms with van der Waals surface area (Å²) in [7, 11) is 1.32. The number of nitrogens with one attached hydrogen (secondary N) is 1. The second-order valence-electron chi connectivity index (χ2n) is 8.66. The molecule has 0 aliphatic carbocycles. The third-order valence-corrected chi connectivity index (χ3v) is 6.38. The lowest BCUT2D eigenvalue weighted by molar-refractivity contribution is -0.128. The van der Waals surface area contributed by atoms with Crippen LogP contribution in [0.4, 0.5) is 11.4 Å². The van der Waals surface area contributed by atoms with Crippen LogP contribution < -0.4 is 5.32 Å². The first-order valence-corrected chi connectivity index (χ1v) is 11.6. The number of methoxy groups -OCH3 is 1. The fraction of sp³-hybridized carbons (Fsp3) is 0.214. The Balaban J connectivity index is 1.49. The lowest BCUT2D eigenvalue weighted by Crippen LogP contribution is -2.23. The van der Waals surface area contributed by atoms with Gasteiger partial charge in [0.2, 0.25) is 11.8 Å². The molecule has 1 atom stereocenters. The van der Waals surface area contributed by atoms with Crippen LogP contribution in [0.15, 0.2) is 77.8 Å². The first-order chi connectivity index (χ1) is 17.0. The summed E-state index contributed by atoms with van der Waals surface area (Å²) in [5.41, 5.74) is 4.93. The van der Waals surface area contributed by atoms with E-state index in [0.29, 0.717) is 35.6 Å². The van der Waals surface area contributed by atoms with Crippen molar-refractivity contribution in [1.29, 1.82) is 0 Å². The van der Waals surface area contributed by atoms with Crippen LogP contribution in [0, 0.1) is 0 Å². The van der Waals surface area contributed by atoms with Crippen LogP contribution in [0.1, 0.15) is 45.8 Å². The molecule has 7 heteroatoms. The van der Waals surface area contributed by atoms with Crippen molar-refractivity contribution in [2.24, 2.45) is 4.99 Å². The van der Waals surface area contributed by atoms with Gasteiger partial charge in [-0.3, -0.25) is 14.6 Å². The number of carbonyl (C=O) groups is 3. The third kappa shape index (κ3) is 4.57. The van der Waals surface area contributed by atoms with Gasteiger partial charge in [0.05, 0.1) is 24.1 Å². The molecule has 1 fully saturated rings. The van der Waals surface area contributed by atoms with E-state index in [2.05, 4.69) is 5.32 Å². The fourth-order valence-corrected chi connectivity index (χ4v) is 4.59. The van der Waals surface area contributed by atoms with E-state index in [1.807, 2.05) is 59.5 Å². The van der Waals surface area contributed by atoms with E-state index in [9.17, 15) is 14.4 Å². The molecule has 2 amide bonds. The highest BCUT2D eigenvalue weighted by Gasteiger charge is 2.36. The van der Waals surface area contributed by atoms with Crippen LogP contribution in [0.5, 0.6) is 0 Å². The van der Waals surface area contributed by atoms with E-state index in [4.69, 9.17) is 9.73 Å². The Bertz CT molecular complexity index is 1320. The van der Waals surface area contributed by atoms with Gasteiger partial charge in [0, 0.05) is 25.2 Å². The van der Waals surface area contributed by atoms with E-state index in [0.717, 1.165) is 29.7 Å². The number of aliphatic imine (C=N–C) groups is 1. The Hall–Kier alpha value is -4.26. The van der Waals surface area contributed by atoms with Gasteiger partial charge in [0.15, 0.2) is 0 Å². The highest BCUT2D eigenvalue weighted by Crippen LogP contribution is 2.37. The van der Waals surface area contributed by atoms with Gasteiger partial charge in [-0.1, -0.05) is 48.5 Å². The topological polar surface area (TPSA) is 88.1 Å². The maximum absolute atomic E-state index is 13.1. The van der Waals surface area contributed by atoms with E-state index < -0.39 is 11.9 Å². The summed E-state index contributed by atoms with van der Waals surface area (Å²) in [6.07, 6.45) is 1.53. The Morgan fingerprint density at radius 3 is 2.49 bits per heavy atom. The maximum atomic E-state index is 13.1. The number of anilines is 1. The number of carbonyl (C=O) groups excluding carboxylic acids is 3. The number of fused-ring (bicyclic) bond motifs is 1. The van der Waals surface area contributed by atoms with Gasteiger partial charge in [-0.2, -0.15) is 0 Å². The molecule has 176 valence electrons. The van der Waals surface area contributed by atoms with Gasteiger partial charge in [0.25, 0.3) is 0 Å². The van der Waals surface area contributed by atoms with Gasteiger partial charge in [-0.25, -0.2) is 4.79 Å². The first-order valence-electron chi connectivity index (χ1n) is 11.6. The average molecular weight is 468 g/mol. The number of amides is 2. The molecule has 35 heavy (non-hydrogen) atoms. The highest BCUT2D eigenvalue weighted by atomic mass is 16.5. The van der Waals surface area contributed by atoms with Crippen LogP contribution in [0.25, 0.3) is 0 Å². The van der Waals surface area contributed by atoms with Crippen molar-refractivity contribution in [3.8, 4) is 0 Å². The minimum Gasteiger partial charge on any atom is -0.465 e. The molecule has 2 aliphatic heterocycles. The molecule has 2 heterocycles. The molecule has 0 aromatic heterocycles. The first kappa shape index (κ1) is 22.5. The second kappa shape index (κ2) is 9.54. The SMILES string of the molecule is COC(=O)c1ccc2c(c1)NC(=O)C2C(=Nc1ccc(CN2CCCC2=O)cc1)c1ccccc1. The number of likely N-dealkylation sites (tertiary alicyclic amines) is 1. The molecule has 3 aromatic rings. The minimum atomic E-state index is -0.624. The molecular formula is C28H25N3O4. The fourth-order valence-electron chi connectivity index (χ4n) is 4.59. The maximum Gasteiger partial charge on any atom is 0.337 e. The molecule has 0 spiro atoms. The molecule has 0 radical (unpaired) electrons. The summed E-state index contributed by atoms with van der Waals surface area (Å²) in [6, 6.07) is 22.4. The van der Waals surface area contributed by atoms with Gasteiger partial charge in [0.1, 0.15) is 5.92 Å². The van der Waals surface area contributed by atoms with Gasteiger partial charge >= 0.3 is 5.97 Å². The Labute approximate surface area is 203 Å². The van der Waals surface area contributed by atoms with Gasteiger partial charge < -0.3 is 15.0 Å². The number of nitrogens with zero attached hydrogens (tertiary/aromatic N) is 2. The van der Waals surface area contributed by atoms with Crippen molar-refractivity contribution in [3.63, 3.8) is 0 Å². The normalized spacial score (nSPS) is 17.3. The minimum absolute atomic E-state index is 0.194. The summed E-state index contributed by atoms with van der Waals surface area (Å²) >= 11 is 0. The zero-order valence-corrected chi connectivity index (χ0v) is 19.4. The van der Waals surface area contributed by atoms with Crippen molar-refractivity contribution in [1.82, 2.24) is 4.90 Å². The van der Waals surface area contributed by atoms with Gasteiger partial charge in [-0.15, -0.1) is 0 Å². The van der Waals surface area contributed by atoms with Crippen LogP contribution >= 0.6 is 0 Å². The van der Waals surface area contributed by atoms with Crippen LogP contribution in [0.2, 0.25) is 0 Å². The number of esters is 1. The number of rotatable bonds is 6. The number of benzene rings is 3. The van der Waals surface area contributed by atoms with Gasteiger partial charge in [-0.05, 0) is 47.4 Å². The number of ether oxygens (including phenoxy) is 1. The lowest BCUT2D eigenvalue weighted by Gasteiger charge is -2.16. The van der Waals surface area contributed by atoms with E-state index in [1.54, 1.807) is 18.2 Å². The molecule has 1 N–H and O–H groups in total. The van der Waals surface area contributed by atoms with E-state index >= 15 is 0 Å². The summed E-state index contributed by atoms with van der Waals surface area (Å²) in [5.74, 6) is -1.09. The number of hydrogen-bond donors (Lipinski definition) is 1. The molecule has 0 saturated carbocycles. The van der Waals surface area contributed by atoms with Crippen molar-refractivity contribution in [3.05, 3.63) is 95.1 Å². The van der Waals surface area contributed by atoms with E-state index in [-0.39, 0.29) is 11.8 Å². The molecule has 0 bridgehead atoms. The highest BCUT2D eigenvalue weighted by molar-refractivity contribution is 6.24. The molecule has 5 rings (SSSR count). The molecular weight excluding hydrogens is 442 g/mol. The van der Waals surface area contributed by atoms with Crippen LogP contribution in [-0.4, -0.2) is 42.0 Å². The quantitative estimate of drug-likeness (QED) is 0.429. The van der Waals surface area contributed by atoms with E-state index in [1.165, 1.54) is 7.11 Å². The number of hydrogen-bond acceptors (Lipinski definition) is 5. The molecule has 2 aliphatic rings. The summed E-state index contributed by atoms with van der Waals surface area (Å²) in [6.45, 7) is 1.39. The van der Waals surface area contributed by atoms with Crippen LogP contribution in [-0.2, 0) is 20.9 Å². The average Bonchev–Trinajstić information content (AvgIpc) is 3.44. The van der Waals surface area contributed by atoms with Crippen LogP contribution in [0.3, 0.4) is 0 Å². The monoisotopic (exact) mass is 467 g/mol. The Morgan fingerprint density at radius 1 is 1.03 bits per heavy atom. The molecule has 1 saturated heterocycles.